The van der Waals surface area contributed by atoms with Crippen molar-refractivity contribution in [3.8, 4) is 17.1 Å². The van der Waals surface area contributed by atoms with Crippen molar-refractivity contribution in [3.63, 3.8) is 0 Å². The highest BCUT2D eigenvalue weighted by atomic mass is 16.4. The lowest BCUT2D eigenvalue weighted by atomic mass is 10.0. The number of carboxylic acid groups (broad SMARTS) is 1. The van der Waals surface area contributed by atoms with Crippen molar-refractivity contribution in [2.24, 2.45) is 0 Å². The van der Waals surface area contributed by atoms with Crippen LogP contribution in [0.4, 0.5) is 0 Å². The van der Waals surface area contributed by atoms with Gasteiger partial charge in [-0.3, -0.25) is 4.79 Å². The predicted octanol–water partition coefficient (Wildman–Crippen LogP) is 4.02. The molecule has 0 aliphatic rings. The van der Waals surface area contributed by atoms with Crippen LogP contribution >= 0.6 is 0 Å². The van der Waals surface area contributed by atoms with Gasteiger partial charge in [-0.05, 0) is 25.1 Å². The molecule has 128 valence electrons. The number of rotatable bonds is 4. The van der Waals surface area contributed by atoms with Gasteiger partial charge in [-0.2, -0.15) is 5.10 Å². The third-order valence-electron chi connectivity index (χ3n) is 4.42. The van der Waals surface area contributed by atoms with Crippen LogP contribution in [0.1, 0.15) is 11.3 Å². The van der Waals surface area contributed by atoms with Gasteiger partial charge in [-0.25, -0.2) is 9.67 Å². The number of carbonyl (C=O) groups is 1. The molecule has 0 saturated carbocycles. The normalized spacial score (nSPS) is 11.0. The Hall–Kier alpha value is -3.47. The topological polar surface area (TPSA) is 68.0 Å². The number of fused-ring (bicyclic) bond motifs is 1. The molecule has 5 heteroatoms. The average molecular weight is 343 g/mol. The van der Waals surface area contributed by atoms with Crippen LogP contribution in [0.5, 0.6) is 0 Å². The van der Waals surface area contributed by atoms with E-state index in [1.54, 1.807) is 4.68 Å². The van der Waals surface area contributed by atoms with Crippen molar-refractivity contribution in [2.75, 3.05) is 0 Å². The molecule has 0 spiro atoms. The molecule has 0 saturated heterocycles. The Morgan fingerprint density at radius 2 is 1.73 bits per heavy atom. The summed E-state index contributed by atoms with van der Waals surface area (Å²) in [7, 11) is 0. The zero-order valence-electron chi connectivity index (χ0n) is 14.3. The summed E-state index contributed by atoms with van der Waals surface area (Å²) in [4.78, 5) is 16.1. The highest BCUT2D eigenvalue weighted by molar-refractivity contribution is 5.79. The van der Waals surface area contributed by atoms with Crippen molar-refractivity contribution < 1.29 is 9.90 Å². The first-order valence-electron chi connectivity index (χ1n) is 8.35. The Kier molecular flexibility index (Phi) is 3.97. The fourth-order valence-electron chi connectivity index (χ4n) is 3.12. The van der Waals surface area contributed by atoms with Gasteiger partial charge in [-0.15, -0.1) is 0 Å². The summed E-state index contributed by atoms with van der Waals surface area (Å²) in [5.41, 5.74) is 3.94. The Bertz CT molecular complexity index is 1100. The fourth-order valence-corrected chi connectivity index (χ4v) is 3.12. The highest BCUT2D eigenvalue weighted by Gasteiger charge is 2.20. The lowest BCUT2D eigenvalue weighted by Gasteiger charge is -2.05. The molecule has 2 aromatic carbocycles. The fraction of sp³-hybridized carbons (Fsp3) is 0.0952. The van der Waals surface area contributed by atoms with E-state index in [9.17, 15) is 9.90 Å². The van der Waals surface area contributed by atoms with Crippen LogP contribution in [0, 0.1) is 6.92 Å². The molecule has 2 aromatic heterocycles. The number of pyridine rings is 1. The Labute approximate surface area is 150 Å². The zero-order chi connectivity index (χ0) is 18.1. The molecule has 26 heavy (non-hydrogen) atoms. The molecule has 0 aliphatic heterocycles. The largest absolute Gasteiger partial charge is 0.481 e. The van der Waals surface area contributed by atoms with E-state index in [0.717, 1.165) is 22.2 Å². The molecule has 0 atom stereocenters. The standard InChI is InChI=1S/C21H17N3O2/c1-14-17(13-20(25)26)21(16-8-3-2-4-9-16)23-24(14)19-12-11-15-7-5-6-10-18(15)22-19/h2-12H,13H2,1H3,(H,25,26). The second kappa shape index (κ2) is 6.44. The summed E-state index contributed by atoms with van der Waals surface area (Å²) in [5.74, 6) is -0.202. The van der Waals surface area contributed by atoms with E-state index in [-0.39, 0.29) is 6.42 Å². The van der Waals surface area contributed by atoms with E-state index in [2.05, 4.69) is 4.98 Å². The van der Waals surface area contributed by atoms with Crippen molar-refractivity contribution in [2.45, 2.75) is 13.3 Å². The summed E-state index contributed by atoms with van der Waals surface area (Å²) in [6, 6.07) is 21.4. The Balaban J connectivity index is 1.90. The molecule has 0 radical (unpaired) electrons. The van der Waals surface area contributed by atoms with Gasteiger partial charge in [0.15, 0.2) is 5.82 Å². The predicted molar refractivity (Wildman–Crippen MR) is 100 cm³/mol. The van der Waals surface area contributed by atoms with Crippen LogP contribution in [-0.4, -0.2) is 25.8 Å². The van der Waals surface area contributed by atoms with E-state index in [1.807, 2.05) is 73.7 Å². The summed E-state index contributed by atoms with van der Waals surface area (Å²) in [6.45, 7) is 1.88. The van der Waals surface area contributed by atoms with Crippen molar-refractivity contribution in [3.05, 3.63) is 78.0 Å². The molecule has 4 rings (SSSR count). The van der Waals surface area contributed by atoms with Crippen LogP contribution in [0.15, 0.2) is 66.7 Å². The van der Waals surface area contributed by atoms with Gasteiger partial charge in [0.1, 0.15) is 0 Å². The maximum atomic E-state index is 11.4. The van der Waals surface area contributed by atoms with Crippen molar-refractivity contribution in [1.82, 2.24) is 14.8 Å². The number of nitrogens with zero attached hydrogens (tertiary/aromatic N) is 3. The number of benzene rings is 2. The number of para-hydroxylation sites is 1. The van der Waals surface area contributed by atoms with Crippen LogP contribution in [-0.2, 0) is 11.2 Å². The van der Waals surface area contributed by atoms with Gasteiger partial charge in [0.25, 0.3) is 0 Å². The van der Waals surface area contributed by atoms with Gasteiger partial charge in [0, 0.05) is 22.2 Å². The van der Waals surface area contributed by atoms with E-state index in [4.69, 9.17) is 5.10 Å². The van der Waals surface area contributed by atoms with Crippen molar-refractivity contribution in [1.29, 1.82) is 0 Å². The third-order valence-corrected chi connectivity index (χ3v) is 4.42. The highest BCUT2D eigenvalue weighted by Crippen LogP contribution is 2.27. The third kappa shape index (κ3) is 2.84. The van der Waals surface area contributed by atoms with Gasteiger partial charge >= 0.3 is 5.97 Å². The van der Waals surface area contributed by atoms with Crippen LogP contribution in [0.3, 0.4) is 0 Å². The van der Waals surface area contributed by atoms with Crippen LogP contribution in [0.25, 0.3) is 28.0 Å². The van der Waals surface area contributed by atoms with E-state index < -0.39 is 5.97 Å². The molecule has 1 N–H and O–H groups in total. The molecule has 4 aromatic rings. The van der Waals surface area contributed by atoms with Crippen LogP contribution < -0.4 is 0 Å². The van der Waals surface area contributed by atoms with Gasteiger partial charge in [0.05, 0.1) is 17.6 Å². The number of hydrogen-bond acceptors (Lipinski definition) is 3. The zero-order valence-corrected chi connectivity index (χ0v) is 14.3. The first-order valence-corrected chi connectivity index (χ1v) is 8.35. The lowest BCUT2D eigenvalue weighted by Crippen LogP contribution is -2.04. The molecule has 0 amide bonds. The molecule has 0 fully saturated rings. The van der Waals surface area contributed by atoms with Crippen molar-refractivity contribution >= 4 is 16.9 Å². The van der Waals surface area contributed by atoms with Gasteiger partial charge in [-0.1, -0.05) is 48.5 Å². The van der Waals surface area contributed by atoms with E-state index in [1.165, 1.54) is 0 Å². The number of aromatic nitrogens is 3. The Morgan fingerprint density at radius 3 is 2.50 bits per heavy atom. The van der Waals surface area contributed by atoms with E-state index in [0.29, 0.717) is 17.1 Å². The summed E-state index contributed by atoms with van der Waals surface area (Å²) in [6.07, 6.45) is -0.0797. The second-order valence-electron chi connectivity index (χ2n) is 6.12. The smallest absolute Gasteiger partial charge is 0.307 e. The molecule has 2 heterocycles. The molecular formula is C21H17N3O2. The average Bonchev–Trinajstić information content (AvgIpc) is 2.98. The summed E-state index contributed by atoms with van der Waals surface area (Å²) >= 11 is 0. The minimum Gasteiger partial charge on any atom is -0.481 e. The molecule has 0 aliphatic carbocycles. The molecule has 5 nitrogen and oxygen atoms in total. The van der Waals surface area contributed by atoms with Crippen LogP contribution in [0.2, 0.25) is 0 Å². The quantitative estimate of drug-likeness (QED) is 0.607. The molecule has 0 unspecified atom stereocenters. The number of carboxylic acids is 1. The first-order chi connectivity index (χ1) is 12.6. The molecular weight excluding hydrogens is 326 g/mol. The van der Waals surface area contributed by atoms with Gasteiger partial charge in [0.2, 0.25) is 0 Å². The van der Waals surface area contributed by atoms with E-state index >= 15 is 0 Å². The number of aliphatic carboxylic acids is 1. The monoisotopic (exact) mass is 343 g/mol. The minimum atomic E-state index is -0.878. The SMILES string of the molecule is Cc1c(CC(=O)O)c(-c2ccccc2)nn1-c1ccc2ccccc2n1. The molecule has 0 bridgehead atoms. The second-order valence-corrected chi connectivity index (χ2v) is 6.12. The summed E-state index contributed by atoms with van der Waals surface area (Å²) in [5, 5.41) is 15.1. The minimum absolute atomic E-state index is 0.0797. The first kappa shape index (κ1) is 16.0. The maximum absolute atomic E-state index is 11.4. The lowest BCUT2D eigenvalue weighted by molar-refractivity contribution is -0.136. The number of hydrogen-bond donors (Lipinski definition) is 1. The summed E-state index contributed by atoms with van der Waals surface area (Å²) < 4.78 is 1.73. The van der Waals surface area contributed by atoms with Gasteiger partial charge < -0.3 is 5.11 Å². The Morgan fingerprint density at radius 1 is 1.00 bits per heavy atom. The maximum Gasteiger partial charge on any atom is 0.307 e.